The third-order valence-electron chi connectivity index (χ3n) is 2.41. The van der Waals surface area contributed by atoms with Crippen LogP contribution in [0.2, 0.25) is 0 Å². The largest absolute Gasteiger partial charge is 0.494 e. The SMILES string of the molecule is CCOc1ccc(-c2cc(C#N)nc(C)n2)cc1. The molecule has 0 N–H and O–H groups in total. The Labute approximate surface area is 106 Å². The molecule has 0 amide bonds. The highest BCUT2D eigenvalue weighted by Crippen LogP contribution is 2.21. The lowest BCUT2D eigenvalue weighted by molar-refractivity contribution is 0.340. The zero-order valence-corrected chi connectivity index (χ0v) is 10.3. The van der Waals surface area contributed by atoms with Gasteiger partial charge in [0.25, 0.3) is 0 Å². The second-order valence-corrected chi connectivity index (χ2v) is 3.75. The van der Waals surface area contributed by atoms with Crippen molar-refractivity contribution in [1.29, 1.82) is 5.26 Å². The Hall–Kier alpha value is -2.41. The summed E-state index contributed by atoms with van der Waals surface area (Å²) in [5, 5.41) is 8.89. The maximum Gasteiger partial charge on any atom is 0.144 e. The third-order valence-corrected chi connectivity index (χ3v) is 2.41. The summed E-state index contributed by atoms with van der Waals surface area (Å²) in [6.07, 6.45) is 0. The lowest BCUT2D eigenvalue weighted by atomic mass is 10.1. The monoisotopic (exact) mass is 239 g/mol. The number of rotatable bonds is 3. The van der Waals surface area contributed by atoms with Crippen molar-refractivity contribution in [3.05, 3.63) is 41.9 Å². The van der Waals surface area contributed by atoms with E-state index in [0.29, 0.717) is 18.1 Å². The van der Waals surface area contributed by atoms with E-state index in [2.05, 4.69) is 9.97 Å². The molecule has 4 heteroatoms. The summed E-state index contributed by atoms with van der Waals surface area (Å²) in [5.74, 6) is 1.42. The lowest BCUT2D eigenvalue weighted by Crippen LogP contribution is -1.95. The number of aryl methyl sites for hydroxylation is 1. The van der Waals surface area contributed by atoms with Gasteiger partial charge in [0.05, 0.1) is 12.3 Å². The van der Waals surface area contributed by atoms with E-state index in [1.165, 1.54) is 0 Å². The predicted molar refractivity (Wildman–Crippen MR) is 68.1 cm³/mol. The van der Waals surface area contributed by atoms with Crippen molar-refractivity contribution in [2.24, 2.45) is 0 Å². The van der Waals surface area contributed by atoms with E-state index in [4.69, 9.17) is 10.00 Å². The summed E-state index contributed by atoms with van der Waals surface area (Å²) >= 11 is 0. The minimum Gasteiger partial charge on any atom is -0.494 e. The summed E-state index contributed by atoms with van der Waals surface area (Å²) in [7, 11) is 0. The Balaban J connectivity index is 2.36. The zero-order valence-electron chi connectivity index (χ0n) is 10.3. The molecule has 0 aliphatic rings. The van der Waals surface area contributed by atoms with Gasteiger partial charge in [-0.2, -0.15) is 5.26 Å². The molecule has 1 aromatic heterocycles. The molecule has 90 valence electrons. The molecule has 1 heterocycles. The van der Waals surface area contributed by atoms with Crippen molar-refractivity contribution in [3.8, 4) is 23.1 Å². The smallest absolute Gasteiger partial charge is 0.144 e. The first kappa shape index (κ1) is 12.1. The molecule has 0 aliphatic carbocycles. The third kappa shape index (κ3) is 2.64. The number of ether oxygens (including phenoxy) is 1. The molecule has 0 unspecified atom stereocenters. The molecule has 1 aromatic carbocycles. The van der Waals surface area contributed by atoms with Gasteiger partial charge in [0.1, 0.15) is 23.3 Å². The van der Waals surface area contributed by atoms with Gasteiger partial charge in [-0.05, 0) is 38.1 Å². The highest BCUT2D eigenvalue weighted by atomic mass is 16.5. The van der Waals surface area contributed by atoms with Crippen LogP contribution in [0.4, 0.5) is 0 Å². The summed E-state index contributed by atoms with van der Waals surface area (Å²) < 4.78 is 5.38. The fourth-order valence-electron chi connectivity index (χ4n) is 1.66. The van der Waals surface area contributed by atoms with Crippen LogP contribution in [0.15, 0.2) is 30.3 Å². The highest BCUT2D eigenvalue weighted by molar-refractivity contribution is 5.61. The van der Waals surface area contributed by atoms with Gasteiger partial charge in [0, 0.05) is 11.6 Å². The number of hydrogen-bond acceptors (Lipinski definition) is 4. The quantitative estimate of drug-likeness (QED) is 0.826. The van der Waals surface area contributed by atoms with Crippen molar-refractivity contribution in [1.82, 2.24) is 9.97 Å². The number of benzene rings is 1. The van der Waals surface area contributed by atoms with E-state index in [-0.39, 0.29) is 0 Å². The number of hydrogen-bond donors (Lipinski definition) is 0. The lowest BCUT2D eigenvalue weighted by Gasteiger charge is -2.05. The number of nitrogens with zero attached hydrogens (tertiary/aromatic N) is 3. The van der Waals surface area contributed by atoms with E-state index < -0.39 is 0 Å². The first-order valence-corrected chi connectivity index (χ1v) is 5.72. The van der Waals surface area contributed by atoms with Crippen LogP contribution < -0.4 is 4.74 Å². The number of nitriles is 1. The van der Waals surface area contributed by atoms with Crippen LogP contribution in [0.3, 0.4) is 0 Å². The van der Waals surface area contributed by atoms with Crippen LogP contribution in [0, 0.1) is 18.3 Å². The van der Waals surface area contributed by atoms with Gasteiger partial charge in [-0.25, -0.2) is 9.97 Å². The molecule has 0 aliphatic heterocycles. The average Bonchev–Trinajstić information content (AvgIpc) is 2.39. The molecule has 2 aromatic rings. The van der Waals surface area contributed by atoms with Crippen molar-refractivity contribution >= 4 is 0 Å². The van der Waals surface area contributed by atoms with Gasteiger partial charge in [0.15, 0.2) is 0 Å². The molecule has 0 radical (unpaired) electrons. The van der Waals surface area contributed by atoms with Crippen LogP contribution in [0.5, 0.6) is 5.75 Å². The minimum atomic E-state index is 0.381. The molecule has 0 fully saturated rings. The summed E-state index contributed by atoms with van der Waals surface area (Å²) in [6, 6.07) is 11.3. The fraction of sp³-hybridized carbons (Fsp3) is 0.214. The Morgan fingerprint density at radius 3 is 2.56 bits per heavy atom. The van der Waals surface area contributed by atoms with E-state index in [9.17, 15) is 0 Å². The van der Waals surface area contributed by atoms with Gasteiger partial charge in [-0.1, -0.05) is 0 Å². The molecular weight excluding hydrogens is 226 g/mol. The molecule has 4 nitrogen and oxygen atoms in total. The maximum atomic E-state index is 8.89. The molecule has 0 saturated carbocycles. The van der Waals surface area contributed by atoms with Crippen LogP contribution in [0.1, 0.15) is 18.4 Å². The maximum absolute atomic E-state index is 8.89. The fourth-order valence-corrected chi connectivity index (χ4v) is 1.66. The molecule has 0 bridgehead atoms. The van der Waals surface area contributed by atoms with E-state index in [0.717, 1.165) is 17.0 Å². The molecule has 0 atom stereocenters. The Morgan fingerprint density at radius 1 is 1.22 bits per heavy atom. The average molecular weight is 239 g/mol. The molecule has 0 spiro atoms. The van der Waals surface area contributed by atoms with Crippen molar-refractivity contribution < 1.29 is 4.74 Å². The van der Waals surface area contributed by atoms with Gasteiger partial charge in [0.2, 0.25) is 0 Å². The topological polar surface area (TPSA) is 58.8 Å². The summed E-state index contributed by atoms with van der Waals surface area (Å²) in [6.45, 7) is 4.37. The Kier molecular flexibility index (Phi) is 3.54. The predicted octanol–water partition coefficient (Wildman–Crippen LogP) is 2.72. The van der Waals surface area contributed by atoms with Crippen molar-refractivity contribution in [3.63, 3.8) is 0 Å². The zero-order chi connectivity index (χ0) is 13.0. The molecular formula is C14H13N3O. The number of aromatic nitrogens is 2. The summed E-state index contributed by atoms with van der Waals surface area (Å²) in [4.78, 5) is 8.35. The van der Waals surface area contributed by atoms with E-state index in [1.54, 1.807) is 13.0 Å². The van der Waals surface area contributed by atoms with Crippen molar-refractivity contribution in [2.45, 2.75) is 13.8 Å². The van der Waals surface area contributed by atoms with E-state index >= 15 is 0 Å². The second-order valence-electron chi connectivity index (χ2n) is 3.75. The van der Waals surface area contributed by atoms with Crippen LogP contribution in [-0.4, -0.2) is 16.6 Å². The first-order valence-electron chi connectivity index (χ1n) is 5.72. The second kappa shape index (κ2) is 5.28. The first-order chi connectivity index (χ1) is 8.72. The molecule has 18 heavy (non-hydrogen) atoms. The van der Waals surface area contributed by atoms with Crippen LogP contribution in [0.25, 0.3) is 11.3 Å². The normalized spacial score (nSPS) is 9.83. The highest BCUT2D eigenvalue weighted by Gasteiger charge is 2.04. The van der Waals surface area contributed by atoms with Gasteiger partial charge < -0.3 is 4.74 Å². The molecule has 0 saturated heterocycles. The van der Waals surface area contributed by atoms with Crippen molar-refractivity contribution in [2.75, 3.05) is 6.61 Å². The standard InChI is InChI=1S/C14H13N3O/c1-3-18-13-6-4-11(5-7-13)14-8-12(9-15)16-10(2)17-14/h4-8H,3H2,1-2H3. The Bertz CT molecular complexity index is 585. The van der Waals surface area contributed by atoms with Gasteiger partial charge in [-0.15, -0.1) is 0 Å². The molecule has 2 rings (SSSR count). The Morgan fingerprint density at radius 2 is 1.94 bits per heavy atom. The van der Waals surface area contributed by atoms with E-state index in [1.807, 2.05) is 37.3 Å². The van der Waals surface area contributed by atoms with Crippen LogP contribution >= 0.6 is 0 Å². The minimum absolute atomic E-state index is 0.381. The van der Waals surface area contributed by atoms with Crippen LogP contribution in [-0.2, 0) is 0 Å². The summed E-state index contributed by atoms with van der Waals surface area (Å²) in [5.41, 5.74) is 2.08. The van der Waals surface area contributed by atoms with Gasteiger partial charge in [-0.3, -0.25) is 0 Å². The van der Waals surface area contributed by atoms with Gasteiger partial charge >= 0.3 is 0 Å².